The van der Waals surface area contributed by atoms with E-state index in [9.17, 15) is 4.79 Å². The maximum Gasteiger partial charge on any atom is 0.291 e. The number of nitrogens with one attached hydrogen (secondary N) is 1. The Kier molecular flexibility index (Phi) is 5.20. The lowest BCUT2D eigenvalue weighted by molar-refractivity contribution is 0.0963. The first-order valence-corrected chi connectivity index (χ1v) is 7.24. The Morgan fingerprint density at radius 1 is 1.33 bits per heavy atom. The van der Waals surface area contributed by atoms with E-state index in [1.54, 1.807) is 31.4 Å². The zero-order chi connectivity index (χ0) is 15.2. The van der Waals surface area contributed by atoms with Crippen LogP contribution in [0.5, 0.6) is 5.75 Å². The van der Waals surface area contributed by atoms with Crippen LogP contribution in [0.2, 0.25) is 0 Å². The Hall–Kier alpha value is -2.04. The molecule has 1 amide bonds. The highest BCUT2D eigenvalue weighted by atomic mass is 16.5. The number of benzene rings is 1. The van der Waals surface area contributed by atoms with Crippen LogP contribution in [0.25, 0.3) is 0 Å². The summed E-state index contributed by atoms with van der Waals surface area (Å²) < 4.78 is 10.7. The third-order valence-electron chi connectivity index (χ3n) is 2.97. The van der Waals surface area contributed by atoms with Crippen LogP contribution in [0.4, 0.5) is 0 Å². The third kappa shape index (κ3) is 5.10. The number of amides is 1. The molecule has 0 radical (unpaired) electrons. The van der Waals surface area contributed by atoms with Crippen LogP contribution < -0.4 is 10.1 Å². The summed E-state index contributed by atoms with van der Waals surface area (Å²) in [6.45, 7) is 4.65. The zero-order valence-corrected chi connectivity index (χ0v) is 12.8. The fourth-order valence-electron chi connectivity index (χ4n) is 1.63. The van der Waals surface area contributed by atoms with E-state index in [1.165, 1.54) is 0 Å². The van der Waals surface area contributed by atoms with Crippen molar-refractivity contribution in [3.8, 4) is 5.75 Å². The topological polar surface area (TPSA) is 59.9 Å². The number of hydrogen-bond acceptors (Lipinski definition) is 4. The number of methoxy groups -OCH3 is 1. The average Bonchev–Trinajstić information content (AvgIpc) is 3.28. The van der Waals surface area contributed by atoms with Crippen molar-refractivity contribution in [1.29, 1.82) is 0 Å². The van der Waals surface area contributed by atoms with E-state index in [1.807, 2.05) is 0 Å². The maximum absolute atomic E-state index is 12.2. The molecule has 1 N–H and O–H groups in total. The number of ether oxygens (including phenoxy) is 2. The molecule has 1 aliphatic carbocycles. The molecule has 5 heteroatoms. The van der Waals surface area contributed by atoms with E-state index in [4.69, 9.17) is 9.47 Å². The highest BCUT2D eigenvalue weighted by Gasteiger charge is 2.22. The minimum Gasteiger partial charge on any atom is -0.497 e. The second kappa shape index (κ2) is 7.11. The third-order valence-corrected chi connectivity index (χ3v) is 2.97. The van der Waals surface area contributed by atoms with Crippen molar-refractivity contribution < 1.29 is 14.3 Å². The number of carbonyl (C=O) groups is 1. The van der Waals surface area contributed by atoms with Crippen LogP contribution in [0.3, 0.4) is 0 Å². The van der Waals surface area contributed by atoms with Gasteiger partial charge in [-0.25, -0.2) is 4.99 Å². The van der Waals surface area contributed by atoms with E-state index in [-0.39, 0.29) is 5.91 Å². The first-order valence-electron chi connectivity index (χ1n) is 7.24. The summed E-state index contributed by atoms with van der Waals surface area (Å²) in [6, 6.07) is 7.55. The van der Waals surface area contributed by atoms with Gasteiger partial charge in [0.15, 0.2) is 0 Å². The van der Waals surface area contributed by atoms with Gasteiger partial charge in [-0.1, -0.05) is 13.8 Å². The molecule has 1 aromatic carbocycles. The standard InChI is InChI=1S/C16H22N2O3/c1-11(2)10-21-16(17-13-6-7-13)18-15(19)12-4-8-14(20-3)9-5-12/h4-5,8-9,11,13H,6-7,10H2,1-3H3,(H,17,18,19). The minimum atomic E-state index is -0.221. The molecule has 0 saturated heterocycles. The summed E-state index contributed by atoms with van der Waals surface area (Å²) in [5.74, 6) is 0.877. The summed E-state index contributed by atoms with van der Waals surface area (Å²) in [4.78, 5) is 16.6. The van der Waals surface area contributed by atoms with E-state index in [0.717, 1.165) is 18.6 Å². The van der Waals surface area contributed by atoms with Crippen LogP contribution in [0.1, 0.15) is 37.0 Å². The number of nitrogens with zero attached hydrogens (tertiary/aromatic N) is 1. The number of hydrogen-bond donors (Lipinski definition) is 1. The molecule has 0 bridgehead atoms. The molecule has 0 aliphatic heterocycles. The predicted molar refractivity (Wildman–Crippen MR) is 81.7 cm³/mol. The van der Waals surface area contributed by atoms with Gasteiger partial charge in [0.1, 0.15) is 5.75 Å². The molecule has 1 aliphatic rings. The number of carbonyl (C=O) groups excluding carboxylic acids is 1. The van der Waals surface area contributed by atoms with Crippen LogP contribution in [0.15, 0.2) is 29.3 Å². The predicted octanol–water partition coefficient (Wildman–Crippen LogP) is 2.62. The lowest BCUT2D eigenvalue weighted by atomic mass is 10.2. The second-order valence-electron chi connectivity index (χ2n) is 5.55. The second-order valence-corrected chi connectivity index (χ2v) is 5.55. The Bertz CT molecular complexity index is 505. The van der Waals surface area contributed by atoms with Crippen LogP contribution >= 0.6 is 0 Å². The molecule has 1 saturated carbocycles. The van der Waals surface area contributed by atoms with Crippen LogP contribution in [-0.2, 0) is 4.74 Å². The Morgan fingerprint density at radius 2 is 2.00 bits per heavy atom. The molecular weight excluding hydrogens is 268 g/mol. The largest absolute Gasteiger partial charge is 0.497 e. The summed E-state index contributed by atoms with van der Waals surface area (Å²) in [5.41, 5.74) is 0.549. The Balaban J connectivity index is 1.99. The normalized spacial score (nSPS) is 15.0. The van der Waals surface area contributed by atoms with E-state index < -0.39 is 0 Å². The van der Waals surface area contributed by atoms with E-state index in [0.29, 0.717) is 30.2 Å². The molecule has 5 nitrogen and oxygen atoms in total. The van der Waals surface area contributed by atoms with Gasteiger partial charge in [0.2, 0.25) is 0 Å². The number of aliphatic imine (C=N–C) groups is 1. The summed E-state index contributed by atoms with van der Waals surface area (Å²) in [7, 11) is 1.59. The van der Waals surface area contributed by atoms with Crippen molar-refractivity contribution in [2.75, 3.05) is 13.7 Å². The van der Waals surface area contributed by atoms with Crippen molar-refractivity contribution in [3.05, 3.63) is 29.8 Å². The molecule has 0 spiro atoms. The SMILES string of the molecule is COc1ccc(C(=O)NC(=NC2CC2)OCC(C)C)cc1. The van der Waals surface area contributed by atoms with Gasteiger partial charge in [0.25, 0.3) is 11.9 Å². The number of rotatable bonds is 5. The van der Waals surface area contributed by atoms with Gasteiger partial charge < -0.3 is 9.47 Å². The molecular formula is C16H22N2O3. The van der Waals surface area contributed by atoms with Gasteiger partial charge in [0, 0.05) is 5.56 Å². The summed E-state index contributed by atoms with van der Waals surface area (Å²) >= 11 is 0. The number of amidine groups is 1. The van der Waals surface area contributed by atoms with Gasteiger partial charge in [-0.15, -0.1) is 0 Å². The van der Waals surface area contributed by atoms with Crippen molar-refractivity contribution in [2.24, 2.45) is 10.9 Å². The van der Waals surface area contributed by atoms with Gasteiger partial charge in [-0.05, 0) is 43.0 Å². The van der Waals surface area contributed by atoms with Gasteiger partial charge in [-0.2, -0.15) is 0 Å². The van der Waals surface area contributed by atoms with Gasteiger partial charge >= 0.3 is 0 Å². The lowest BCUT2D eigenvalue weighted by Gasteiger charge is -2.12. The van der Waals surface area contributed by atoms with Crippen LogP contribution in [0, 0.1) is 5.92 Å². The van der Waals surface area contributed by atoms with Crippen molar-refractivity contribution in [2.45, 2.75) is 32.7 Å². The molecule has 21 heavy (non-hydrogen) atoms. The highest BCUT2D eigenvalue weighted by Crippen LogP contribution is 2.23. The molecule has 114 valence electrons. The van der Waals surface area contributed by atoms with E-state index in [2.05, 4.69) is 24.2 Å². The Labute approximate surface area is 125 Å². The molecule has 1 fully saturated rings. The summed E-state index contributed by atoms with van der Waals surface area (Å²) in [6.07, 6.45) is 2.12. The smallest absolute Gasteiger partial charge is 0.291 e. The van der Waals surface area contributed by atoms with E-state index >= 15 is 0 Å². The van der Waals surface area contributed by atoms with Gasteiger partial charge in [-0.3, -0.25) is 10.1 Å². The molecule has 0 atom stereocenters. The average molecular weight is 290 g/mol. The molecule has 2 rings (SSSR count). The molecule has 0 unspecified atom stereocenters. The Morgan fingerprint density at radius 3 is 2.52 bits per heavy atom. The quantitative estimate of drug-likeness (QED) is 0.670. The van der Waals surface area contributed by atoms with Crippen molar-refractivity contribution in [3.63, 3.8) is 0 Å². The fraction of sp³-hybridized carbons (Fsp3) is 0.500. The highest BCUT2D eigenvalue weighted by molar-refractivity contribution is 6.04. The van der Waals surface area contributed by atoms with Crippen molar-refractivity contribution in [1.82, 2.24) is 5.32 Å². The minimum absolute atomic E-state index is 0.221. The maximum atomic E-state index is 12.2. The van der Waals surface area contributed by atoms with Crippen molar-refractivity contribution >= 4 is 11.9 Å². The first-order chi connectivity index (χ1) is 10.1. The fourth-order valence-corrected chi connectivity index (χ4v) is 1.63. The first kappa shape index (κ1) is 15.4. The molecule has 0 heterocycles. The zero-order valence-electron chi connectivity index (χ0n) is 12.8. The van der Waals surface area contributed by atoms with Gasteiger partial charge in [0.05, 0.1) is 19.8 Å². The lowest BCUT2D eigenvalue weighted by Crippen LogP contribution is -2.33. The summed E-state index contributed by atoms with van der Waals surface area (Å²) in [5, 5.41) is 2.75. The molecule has 0 aromatic heterocycles. The van der Waals surface area contributed by atoms with Crippen LogP contribution in [-0.4, -0.2) is 31.7 Å². The monoisotopic (exact) mass is 290 g/mol. The molecule has 1 aromatic rings.